The summed E-state index contributed by atoms with van der Waals surface area (Å²) in [5.74, 6) is -1.57. The standard InChI is InChI=1S/C18H22N4O4/c1-2-6-14-16(23)19-9-10-21(14)17(24)13-11-15(18(25)26)22(20-13)12-7-4-3-5-8-12/h3-5,7-8,14-15H,2,6,9-11H2,1H3,(H,19,23)(H,25,26). The number of carbonyl (C=O) groups excluding carboxylic acids is 2. The molecule has 2 atom stereocenters. The predicted octanol–water partition coefficient (Wildman–Crippen LogP) is 0.833. The first-order chi connectivity index (χ1) is 12.5. The van der Waals surface area contributed by atoms with Gasteiger partial charge in [0.1, 0.15) is 11.8 Å². The van der Waals surface area contributed by atoms with Crippen LogP contribution in [0.25, 0.3) is 0 Å². The summed E-state index contributed by atoms with van der Waals surface area (Å²) in [6.45, 7) is 2.75. The van der Waals surface area contributed by atoms with Gasteiger partial charge in [-0.25, -0.2) is 4.79 Å². The molecule has 138 valence electrons. The molecule has 0 aliphatic carbocycles. The number of hydrogen-bond acceptors (Lipinski definition) is 5. The smallest absolute Gasteiger partial charge is 0.328 e. The fraction of sp³-hybridized carbons (Fsp3) is 0.444. The predicted molar refractivity (Wildman–Crippen MR) is 95.8 cm³/mol. The highest BCUT2D eigenvalue weighted by Gasteiger charge is 2.40. The molecule has 1 saturated heterocycles. The van der Waals surface area contributed by atoms with Crippen LogP contribution >= 0.6 is 0 Å². The first-order valence-corrected chi connectivity index (χ1v) is 8.76. The van der Waals surface area contributed by atoms with Crippen LogP contribution < -0.4 is 10.3 Å². The van der Waals surface area contributed by atoms with Gasteiger partial charge in [-0.15, -0.1) is 0 Å². The molecule has 1 aromatic rings. The van der Waals surface area contributed by atoms with Gasteiger partial charge in [-0.05, 0) is 18.6 Å². The van der Waals surface area contributed by atoms with Crippen molar-refractivity contribution < 1.29 is 19.5 Å². The van der Waals surface area contributed by atoms with Gasteiger partial charge in [0.2, 0.25) is 5.91 Å². The van der Waals surface area contributed by atoms with E-state index in [9.17, 15) is 19.5 Å². The third-order valence-corrected chi connectivity index (χ3v) is 4.62. The SMILES string of the molecule is CCCC1C(=O)NCCN1C(=O)C1=NN(c2ccccc2)C(C(=O)O)C1. The Morgan fingerprint density at radius 3 is 2.69 bits per heavy atom. The van der Waals surface area contributed by atoms with E-state index in [-0.39, 0.29) is 23.9 Å². The molecular weight excluding hydrogens is 336 g/mol. The van der Waals surface area contributed by atoms with Crippen LogP contribution in [-0.4, -0.2) is 58.7 Å². The summed E-state index contributed by atoms with van der Waals surface area (Å²) in [5, 5.41) is 18.0. The van der Waals surface area contributed by atoms with Crippen LogP contribution in [0.3, 0.4) is 0 Å². The van der Waals surface area contributed by atoms with Crippen LogP contribution in [0.4, 0.5) is 5.69 Å². The second-order valence-electron chi connectivity index (χ2n) is 6.38. The molecule has 8 heteroatoms. The van der Waals surface area contributed by atoms with Crippen molar-refractivity contribution in [2.45, 2.75) is 38.3 Å². The monoisotopic (exact) mass is 358 g/mol. The van der Waals surface area contributed by atoms with E-state index in [2.05, 4.69) is 10.4 Å². The van der Waals surface area contributed by atoms with Gasteiger partial charge in [0.25, 0.3) is 5.91 Å². The average Bonchev–Trinajstić information content (AvgIpc) is 3.09. The Morgan fingerprint density at radius 2 is 2.04 bits per heavy atom. The number of aliphatic carboxylic acids is 1. The minimum absolute atomic E-state index is 0.0139. The van der Waals surface area contributed by atoms with Crippen LogP contribution in [0.1, 0.15) is 26.2 Å². The number of carboxylic acid groups (broad SMARTS) is 1. The molecule has 2 N–H and O–H groups in total. The first-order valence-electron chi connectivity index (χ1n) is 8.76. The summed E-state index contributed by atoms with van der Waals surface area (Å²) in [5.41, 5.74) is 0.793. The van der Waals surface area contributed by atoms with Crippen molar-refractivity contribution >= 4 is 29.2 Å². The molecular formula is C18H22N4O4. The summed E-state index contributed by atoms with van der Waals surface area (Å²) < 4.78 is 0. The summed E-state index contributed by atoms with van der Waals surface area (Å²) >= 11 is 0. The van der Waals surface area contributed by atoms with Crippen LogP contribution in [-0.2, 0) is 14.4 Å². The number of anilines is 1. The Morgan fingerprint density at radius 1 is 1.31 bits per heavy atom. The molecule has 0 saturated carbocycles. The highest BCUT2D eigenvalue weighted by Crippen LogP contribution is 2.26. The van der Waals surface area contributed by atoms with E-state index >= 15 is 0 Å². The van der Waals surface area contributed by atoms with Crippen molar-refractivity contribution in [3.63, 3.8) is 0 Å². The van der Waals surface area contributed by atoms with Crippen LogP contribution in [0.5, 0.6) is 0 Å². The lowest BCUT2D eigenvalue weighted by Crippen LogP contribution is -2.58. The zero-order chi connectivity index (χ0) is 18.7. The van der Waals surface area contributed by atoms with E-state index < -0.39 is 18.1 Å². The summed E-state index contributed by atoms with van der Waals surface area (Å²) in [6, 6.07) is 7.44. The third-order valence-electron chi connectivity index (χ3n) is 4.62. The third kappa shape index (κ3) is 3.40. The number of nitrogens with one attached hydrogen (secondary N) is 1. The van der Waals surface area contributed by atoms with Crippen LogP contribution in [0.15, 0.2) is 35.4 Å². The van der Waals surface area contributed by atoms with Gasteiger partial charge >= 0.3 is 5.97 Å². The van der Waals surface area contributed by atoms with Crippen LogP contribution in [0, 0.1) is 0 Å². The average molecular weight is 358 g/mol. The summed E-state index contributed by atoms with van der Waals surface area (Å²) in [4.78, 5) is 38.3. The van der Waals surface area contributed by atoms with E-state index in [4.69, 9.17) is 0 Å². The van der Waals surface area contributed by atoms with E-state index in [1.54, 1.807) is 24.3 Å². The van der Waals surface area contributed by atoms with Gasteiger partial charge < -0.3 is 15.3 Å². The van der Waals surface area contributed by atoms with Crippen molar-refractivity contribution in [3.05, 3.63) is 30.3 Å². The largest absolute Gasteiger partial charge is 0.480 e. The first kappa shape index (κ1) is 17.9. The minimum atomic E-state index is -1.04. The molecule has 2 amide bonds. The molecule has 3 rings (SSSR count). The lowest BCUT2D eigenvalue weighted by atomic mass is 10.0. The molecule has 2 aliphatic heterocycles. The Kier molecular flexibility index (Phi) is 5.20. The molecule has 0 aromatic heterocycles. The Hall–Kier alpha value is -2.90. The Bertz CT molecular complexity index is 734. The highest BCUT2D eigenvalue weighted by atomic mass is 16.4. The van der Waals surface area contributed by atoms with Crippen LogP contribution in [0.2, 0.25) is 0 Å². The molecule has 26 heavy (non-hydrogen) atoms. The molecule has 2 heterocycles. The number of para-hydroxylation sites is 1. The van der Waals surface area contributed by atoms with Gasteiger partial charge in [-0.1, -0.05) is 31.5 Å². The van der Waals surface area contributed by atoms with Crippen molar-refractivity contribution in [1.29, 1.82) is 0 Å². The normalized spacial score (nSPS) is 22.8. The molecule has 1 aromatic carbocycles. The van der Waals surface area contributed by atoms with Gasteiger partial charge in [-0.2, -0.15) is 5.10 Å². The highest BCUT2D eigenvalue weighted by molar-refractivity contribution is 6.40. The maximum atomic E-state index is 13.0. The van der Waals surface area contributed by atoms with Gasteiger partial charge in [0.15, 0.2) is 6.04 Å². The lowest BCUT2D eigenvalue weighted by molar-refractivity contribution is -0.139. The number of hydrazone groups is 1. The van der Waals surface area contributed by atoms with Gasteiger partial charge in [-0.3, -0.25) is 14.6 Å². The minimum Gasteiger partial charge on any atom is -0.480 e. The van der Waals surface area contributed by atoms with Crippen molar-refractivity contribution in [3.8, 4) is 0 Å². The van der Waals surface area contributed by atoms with Crippen molar-refractivity contribution in [2.24, 2.45) is 5.10 Å². The number of carboxylic acids is 1. The summed E-state index contributed by atoms with van der Waals surface area (Å²) in [6.07, 6.45) is 1.35. The Labute approximate surface area is 151 Å². The molecule has 8 nitrogen and oxygen atoms in total. The number of amides is 2. The Balaban J connectivity index is 1.86. The second-order valence-corrected chi connectivity index (χ2v) is 6.38. The zero-order valence-electron chi connectivity index (χ0n) is 14.6. The quantitative estimate of drug-likeness (QED) is 0.812. The lowest BCUT2D eigenvalue weighted by Gasteiger charge is -2.34. The number of hydrogen-bond donors (Lipinski definition) is 2. The number of benzene rings is 1. The molecule has 2 unspecified atom stereocenters. The van der Waals surface area contributed by atoms with Gasteiger partial charge in [0, 0.05) is 19.5 Å². The second kappa shape index (κ2) is 7.55. The molecule has 0 radical (unpaired) electrons. The van der Waals surface area contributed by atoms with Crippen molar-refractivity contribution in [2.75, 3.05) is 18.1 Å². The van der Waals surface area contributed by atoms with E-state index in [1.165, 1.54) is 9.91 Å². The zero-order valence-corrected chi connectivity index (χ0v) is 14.6. The molecule has 0 spiro atoms. The molecule has 2 aliphatic rings. The number of carbonyl (C=O) groups is 3. The molecule has 1 fully saturated rings. The maximum absolute atomic E-state index is 13.0. The fourth-order valence-electron chi connectivity index (χ4n) is 3.33. The van der Waals surface area contributed by atoms with E-state index in [1.807, 2.05) is 13.0 Å². The number of nitrogens with zero attached hydrogens (tertiary/aromatic N) is 3. The number of piperazine rings is 1. The maximum Gasteiger partial charge on any atom is 0.328 e. The molecule has 0 bridgehead atoms. The van der Waals surface area contributed by atoms with E-state index in [0.29, 0.717) is 25.2 Å². The van der Waals surface area contributed by atoms with Gasteiger partial charge in [0.05, 0.1) is 5.69 Å². The van der Waals surface area contributed by atoms with Crippen molar-refractivity contribution in [1.82, 2.24) is 10.2 Å². The fourth-order valence-corrected chi connectivity index (χ4v) is 3.33. The number of rotatable bonds is 5. The van der Waals surface area contributed by atoms with E-state index in [0.717, 1.165) is 6.42 Å². The topological polar surface area (TPSA) is 102 Å². The summed E-state index contributed by atoms with van der Waals surface area (Å²) in [7, 11) is 0.